The van der Waals surface area contributed by atoms with E-state index >= 15 is 0 Å². The van der Waals surface area contributed by atoms with Gasteiger partial charge in [0.15, 0.2) is 0 Å². The fraction of sp³-hybridized carbons (Fsp3) is 0.0625. The summed E-state index contributed by atoms with van der Waals surface area (Å²) in [7, 11) is -4.51. The van der Waals surface area contributed by atoms with Crippen LogP contribution in [0.25, 0.3) is 0 Å². The van der Waals surface area contributed by atoms with Gasteiger partial charge in [-0.2, -0.15) is 13.7 Å². The van der Waals surface area contributed by atoms with Gasteiger partial charge in [-0.1, -0.05) is 18.3 Å². The predicted octanol–water partition coefficient (Wildman–Crippen LogP) is 2.00. The summed E-state index contributed by atoms with van der Waals surface area (Å²) in [6, 6.07) is 9.65. The highest BCUT2D eigenvalue weighted by Gasteiger charge is 2.28. The van der Waals surface area contributed by atoms with E-state index in [-0.39, 0.29) is 16.3 Å². The summed E-state index contributed by atoms with van der Waals surface area (Å²) >= 11 is 4.64. The molecule has 0 aromatic heterocycles. The van der Waals surface area contributed by atoms with Gasteiger partial charge in [0, 0.05) is 6.07 Å². The smallest absolute Gasteiger partial charge is 0.412 e. The molecule has 0 fully saturated rings. The van der Waals surface area contributed by atoms with Crippen LogP contribution in [0.3, 0.4) is 0 Å². The first-order chi connectivity index (χ1) is 13.5. The van der Waals surface area contributed by atoms with Crippen molar-refractivity contribution >= 4 is 44.8 Å². The first kappa shape index (κ1) is 21.5. The van der Waals surface area contributed by atoms with Crippen LogP contribution in [0.1, 0.15) is 5.56 Å². The van der Waals surface area contributed by atoms with E-state index in [2.05, 4.69) is 12.2 Å². The monoisotopic (exact) mass is 436 g/mol. The Labute approximate surface area is 169 Å². The molecule has 2 rings (SSSR count). The fourth-order valence-electron chi connectivity index (χ4n) is 2.24. The zero-order valence-electron chi connectivity index (χ0n) is 14.4. The van der Waals surface area contributed by atoms with E-state index in [9.17, 15) is 28.4 Å². The van der Waals surface area contributed by atoms with Gasteiger partial charge in [-0.3, -0.25) is 15.0 Å². The van der Waals surface area contributed by atoms with Gasteiger partial charge in [-0.05, 0) is 30.3 Å². The van der Waals surface area contributed by atoms with Crippen molar-refractivity contribution in [2.75, 3.05) is 11.4 Å². The molecule has 0 saturated heterocycles. The molecule has 0 aliphatic carbocycles. The number of thiocarbonyl (C=S) groups is 1. The van der Waals surface area contributed by atoms with E-state index in [1.807, 2.05) is 6.07 Å². The summed E-state index contributed by atoms with van der Waals surface area (Å²) in [6.45, 7) is -0.505. The van der Waals surface area contributed by atoms with Crippen LogP contribution < -0.4 is 14.8 Å². The van der Waals surface area contributed by atoms with E-state index in [1.165, 1.54) is 24.3 Å². The lowest BCUT2D eigenvalue weighted by molar-refractivity contribution is -0.384. The first-order valence-corrected chi connectivity index (χ1v) is 9.38. The van der Waals surface area contributed by atoms with Crippen molar-refractivity contribution in [3.05, 3.63) is 58.1 Å². The van der Waals surface area contributed by atoms with Gasteiger partial charge in [0.05, 0.1) is 28.1 Å². The third-order valence-corrected chi connectivity index (χ3v) is 4.81. The van der Waals surface area contributed by atoms with Crippen molar-refractivity contribution in [3.8, 4) is 11.8 Å². The molecule has 0 spiro atoms. The summed E-state index contributed by atoms with van der Waals surface area (Å²) in [5, 5.41) is 29.5. The average Bonchev–Trinajstić information content (AvgIpc) is 2.65. The Bertz CT molecular complexity index is 1140. The number of carbonyl (C=O) groups is 1. The largest absolute Gasteiger partial charge is 0.465 e. The minimum Gasteiger partial charge on any atom is -0.465 e. The standard InChI is InChI=1S/C16H12N4O7S2/c17-8-10-2-1-3-11(6-10)27-29(25,26)12-4-5-13(14(7-12)20(23)24)19(16(21)22)9-15(18)28/h1-7H,9H2,(H2,18,28)(H,21,22). The Morgan fingerprint density at radius 3 is 2.59 bits per heavy atom. The Hall–Kier alpha value is -3.76. The zero-order chi connectivity index (χ0) is 21.8. The molecule has 0 radical (unpaired) electrons. The summed E-state index contributed by atoms with van der Waals surface area (Å²) in [5.74, 6) is -0.170. The number of amides is 1. The summed E-state index contributed by atoms with van der Waals surface area (Å²) in [6.07, 6.45) is -1.57. The van der Waals surface area contributed by atoms with E-state index in [4.69, 9.17) is 15.2 Å². The third kappa shape index (κ3) is 5.15. The van der Waals surface area contributed by atoms with E-state index in [0.29, 0.717) is 11.0 Å². The average molecular weight is 436 g/mol. The predicted molar refractivity (Wildman–Crippen MR) is 104 cm³/mol. The number of nitrogens with zero attached hydrogens (tertiary/aromatic N) is 3. The molecule has 0 saturated carbocycles. The number of nitrogens with two attached hydrogens (primary N) is 1. The van der Waals surface area contributed by atoms with Crippen molar-refractivity contribution in [1.82, 2.24) is 0 Å². The maximum atomic E-state index is 12.5. The van der Waals surface area contributed by atoms with Gasteiger partial charge in [0.25, 0.3) is 5.69 Å². The van der Waals surface area contributed by atoms with Crippen LogP contribution in [0, 0.1) is 21.4 Å². The summed E-state index contributed by atoms with van der Waals surface area (Å²) in [4.78, 5) is 21.6. The van der Waals surface area contributed by atoms with Crippen molar-refractivity contribution in [2.24, 2.45) is 5.73 Å². The van der Waals surface area contributed by atoms with Crippen LogP contribution in [0.2, 0.25) is 0 Å². The SMILES string of the molecule is N#Cc1cccc(OS(=O)(=O)c2ccc(N(CC(N)=S)C(=O)O)c([N+](=O)[O-])c2)c1. The number of hydrogen-bond acceptors (Lipinski definition) is 8. The molecule has 0 atom stereocenters. The number of hydrogen-bond donors (Lipinski definition) is 2. The number of carboxylic acid groups (broad SMARTS) is 1. The number of nitro benzene ring substituents is 1. The maximum absolute atomic E-state index is 12.5. The summed E-state index contributed by atoms with van der Waals surface area (Å²) in [5.41, 5.74) is 4.25. The number of benzene rings is 2. The van der Waals surface area contributed by atoms with Crippen molar-refractivity contribution < 1.29 is 27.4 Å². The third-order valence-electron chi connectivity index (χ3n) is 3.44. The second kappa shape index (κ2) is 8.50. The van der Waals surface area contributed by atoms with Gasteiger partial charge in [0.2, 0.25) is 0 Å². The van der Waals surface area contributed by atoms with Crippen LogP contribution in [0.4, 0.5) is 16.2 Å². The molecule has 29 heavy (non-hydrogen) atoms. The molecular formula is C16H12N4O7S2. The Kier molecular flexibility index (Phi) is 6.32. The zero-order valence-corrected chi connectivity index (χ0v) is 16.0. The molecule has 2 aromatic carbocycles. The number of anilines is 1. The number of nitro groups is 1. The normalized spacial score (nSPS) is 10.6. The highest BCUT2D eigenvalue weighted by Crippen LogP contribution is 2.32. The first-order valence-electron chi connectivity index (χ1n) is 7.57. The lowest BCUT2D eigenvalue weighted by Crippen LogP contribution is -2.37. The number of nitriles is 1. The second-order valence-electron chi connectivity index (χ2n) is 5.42. The van der Waals surface area contributed by atoms with Gasteiger partial charge in [0.1, 0.15) is 16.3 Å². The molecule has 0 unspecified atom stereocenters. The topological polar surface area (TPSA) is 177 Å². The Morgan fingerprint density at radius 2 is 2.03 bits per heavy atom. The van der Waals surface area contributed by atoms with Gasteiger partial charge in [-0.25, -0.2) is 4.79 Å². The van der Waals surface area contributed by atoms with Crippen molar-refractivity contribution in [3.63, 3.8) is 0 Å². The molecule has 2 aromatic rings. The van der Waals surface area contributed by atoms with Crippen LogP contribution >= 0.6 is 12.2 Å². The minimum absolute atomic E-state index is 0.147. The molecule has 0 aliphatic rings. The highest BCUT2D eigenvalue weighted by molar-refractivity contribution is 7.87. The molecule has 3 N–H and O–H groups in total. The second-order valence-corrected chi connectivity index (χ2v) is 7.49. The maximum Gasteiger partial charge on any atom is 0.412 e. The molecule has 0 aliphatic heterocycles. The van der Waals surface area contributed by atoms with E-state index < -0.39 is 43.9 Å². The van der Waals surface area contributed by atoms with Crippen LogP contribution in [0.5, 0.6) is 5.75 Å². The lowest BCUT2D eigenvalue weighted by Gasteiger charge is -2.18. The lowest BCUT2D eigenvalue weighted by atomic mass is 10.2. The minimum atomic E-state index is -4.51. The molecule has 11 nitrogen and oxygen atoms in total. The molecule has 0 heterocycles. The van der Waals surface area contributed by atoms with Crippen LogP contribution in [-0.2, 0) is 10.1 Å². The van der Waals surface area contributed by atoms with E-state index in [0.717, 1.165) is 12.1 Å². The van der Waals surface area contributed by atoms with Gasteiger partial charge >= 0.3 is 16.2 Å². The molecule has 150 valence electrons. The van der Waals surface area contributed by atoms with Crippen LogP contribution in [-0.4, -0.2) is 36.1 Å². The molecule has 0 bridgehead atoms. The molecule has 1 amide bonds. The summed E-state index contributed by atoms with van der Waals surface area (Å²) < 4.78 is 29.8. The molecular weight excluding hydrogens is 424 g/mol. The van der Waals surface area contributed by atoms with Crippen molar-refractivity contribution in [1.29, 1.82) is 5.26 Å². The number of rotatable bonds is 7. The fourth-order valence-corrected chi connectivity index (χ4v) is 3.31. The Morgan fingerprint density at radius 1 is 1.34 bits per heavy atom. The quantitative estimate of drug-likeness (QED) is 0.282. The molecule has 13 heteroatoms. The van der Waals surface area contributed by atoms with Gasteiger partial charge < -0.3 is 15.0 Å². The highest BCUT2D eigenvalue weighted by atomic mass is 32.2. The van der Waals surface area contributed by atoms with Crippen molar-refractivity contribution in [2.45, 2.75) is 4.90 Å². The van der Waals surface area contributed by atoms with E-state index in [1.54, 1.807) is 0 Å². The van der Waals surface area contributed by atoms with Crippen LogP contribution in [0.15, 0.2) is 47.4 Å². The van der Waals surface area contributed by atoms with Gasteiger partial charge in [-0.15, -0.1) is 0 Å². The Balaban J connectivity index is 2.50.